The van der Waals surface area contributed by atoms with Gasteiger partial charge < -0.3 is 4.90 Å². The molecule has 0 atom stereocenters. The Balaban J connectivity index is 1.69. The van der Waals surface area contributed by atoms with E-state index in [4.69, 9.17) is 0 Å². The first-order valence-electron chi connectivity index (χ1n) is 10.00. The summed E-state index contributed by atoms with van der Waals surface area (Å²) in [5.74, 6) is 0.541. The molecule has 0 N–H and O–H groups in total. The molecular formula is C20H31N3O3S. The van der Waals surface area contributed by atoms with Gasteiger partial charge >= 0.3 is 0 Å². The number of rotatable bonds is 5. The molecule has 3 rings (SSSR count). The highest BCUT2D eigenvalue weighted by atomic mass is 32.2. The van der Waals surface area contributed by atoms with Gasteiger partial charge in [-0.2, -0.15) is 4.31 Å². The summed E-state index contributed by atoms with van der Waals surface area (Å²) in [6, 6.07) is 6.55. The minimum absolute atomic E-state index is 0.0742. The number of hydrogen-bond donors (Lipinski definition) is 0. The molecule has 0 spiro atoms. The molecule has 7 heteroatoms. The van der Waals surface area contributed by atoms with E-state index in [-0.39, 0.29) is 10.8 Å². The molecule has 0 radical (unpaired) electrons. The lowest BCUT2D eigenvalue weighted by molar-refractivity contribution is 0.0623. The highest BCUT2D eigenvalue weighted by Crippen LogP contribution is 2.22. The molecule has 2 aliphatic heterocycles. The molecule has 6 nitrogen and oxygen atoms in total. The summed E-state index contributed by atoms with van der Waals surface area (Å²) in [4.78, 5) is 17.3. The van der Waals surface area contributed by atoms with Gasteiger partial charge in [0.05, 0.1) is 4.90 Å². The Labute approximate surface area is 163 Å². The number of piperidine rings is 1. The second kappa shape index (κ2) is 8.71. The minimum atomic E-state index is -3.52. The Hall–Kier alpha value is -1.44. The molecule has 150 valence electrons. The molecule has 1 aromatic carbocycles. The standard InChI is InChI=1S/C20H31N3O3S/c1-17(2)16-21-11-13-22(14-12-21)20(24)18-7-6-8-19(15-18)27(25,26)23-9-4-3-5-10-23/h6-8,15,17H,3-5,9-14,16H2,1-2H3. The molecule has 2 aliphatic rings. The average molecular weight is 394 g/mol. The number of nitrogens with zero attached hydrogens (tertiary/aromatic N) is 3. The van der Waals surface area contributed by atoms with E-state index < -0.39 is 10.0 Å². The normalized spacial score (nSPS) is 20.2. The zero-order chi connectivity index (χ0) is 19.4. The maximum absolute atomic E-state index is 12.9. The van der Waals surface area contributed by atoms with Gasteiger partial charge in [0.2, 0.25) is 10.0 Å². The van der Waals surface area contributed by atoms with Gasteiger partial charge in [0.25, 0.3) is 5.91 Å². The number of carbonyl (C=O) groups is 1. The number of hydrogen-bond acceptors (Lipinski definition) is 4. The molecule has 27 heavy (non-hydrogen) atoms. The molecular weight excluding hydrogens is 362 g/mol. The van der Waals surface area contributed by atoms with Crippen LogP contribution in [-0.4, -0.2) is 74.2 Å². The zero-order valence-electron chi connectivity index (χ0n) is 16.4. The summed E-state index contributed by atoms with van der Waals surface area (Å²) in [5.41, 5.74) is 0.463. The van der Waals surface area contributed by atoms with Crippen LogP contribution in [0.2, 0.25) is 0 Å². The molecule has 0 bridgehead atoms. The highest BCUT2D eigenvalue weighted by molar-refractivity contribution is 7.89. The van der Waals surface area contributed by atoms with Crippen LogP contribution in [0, 0.1) is 5.92 Å². The quantitative estimate of drug-likeness (QED) is 0.770. The van der Waals surface area contributed by atoms with E-state index in [2.05, 4.69) is 18.7 Å². The second-order valence-corrected chi connectivity index (χ2v) is 9.92. The fraction of sp³-hybridized carbons (Fsp3) is 0.650. The predicted octanol–water partition coefficient (Wildman–Crippen LogP) is 2.27. The summed E-state index contributed by atoms with van der Waals surface area (Å²) < 4.78 is 27.3. The monoisotopic (exact) mass is 393 g/mol. The van der Waals surface area contributed by atoms with Crippen molar-refractivity contribution in [3.05, 3.63) is 29.8 Å². The Morgan fingerprint density at radius 2 is 1.67 bits per heavy atom. The first kappa shape index (κ1) is 20.3. The lowest BCUT2D eigenvalue weighted by atomic mass is 10.1. The number of benzene rings is 1. The largest absolute Gasteiger partial charge is 0.336 e. The van der Waals surface area contributed by atoms with E-state index in [1.807, 2.05) is 4.90 Å². The zero-order valence-corrected chi connectivity index (χ0v) is 17.2. The third-order valence-electron chi connectivity index (χ3n) is 5.32. The van der Waals surface area contributed by atoms with Gasteiger partial charge in [-0.05, 0) is 37.0 Å². The van der Waals surface area contributed by atoms with Crippen LogP contribution in [0.1, 0.15) is 43.5 Å². The van der Waals surface area contributed by atoms with Crippen LogP contribution in [-0.2, 0) is 10.0 Å². The first-order chi connectivity index (χ1) is 12.9. The number of piperazine rings is 1. The van der Waals surface area contributed by atoms with Crippen molar-refractivity contribution < 1.29 is 13.2 Å². The molecule has 2 heterocycles. The van der Waals surface area contributed by atoms with Crippen molar-refractivity contribution in [3.8, 4) is 0 Å². The molecule has 0 aliphatic carbocycles. The third kappa shape index (κ3) is 4.89. The van der Waals surface area contributed by atoms with Gasteiger partial charge in [0.15, 0.2) is 0 Å². The van der Waals surface area contributed by atoms with Crippen LogP contribution in [0.25, 0.3) is 0 Å². The van der Waals surface area contributed by atoms with E-state index in [0.29, 0.717) is 37.7 Å². The summed E-state index contributed by atoms with van der Waals surface area (Å²) in [6.07, 6.45) is 2.88. The van der Waals surface area contributed by atoms with Gasteiger partial charge in [-0.25, -0.2) is 8.42 Å². The predicted molar refractivity (Wildman–Crippen MR) is 106 cm³/mol. The Morgan fingerprint density at radius 3 is 2.30 bits per heavy atom. The first-order valence-corrected chi connectivity index (χ1v) is 11.4. The van der Waals surface area contributed by atoms with Crippen molar-refractivity contribution in [2.75, 3.05) is 45.8 Å². The number of amides is 1. The Bertz CT molecular complexity index is 749. The summed E-state index contributed by atoms with van der Waals surface area (Å²) in [6.45, 7) is 9.70. The maximum Gasteiger partial charge on any atom is 0.253 e. The number of sulfonamides is 1. The SMILES string of the molecule is CC(C)CN1CCN(C(=O)c2cccc(S(=O)(=O)N3CCCCC3)c2)CC1. The molecule has 2 fully saturated rings. The van der Waals surface area contributed by atoms with Crippen LogP contribution >= 0.6 is 0 Å². The van der Waals surface area contributed by atoms with Gasteiger partial charge in [-0.3, -0.25) is 9.69 Å². The van der Waals surface area contributed by atoms with E-state index in [1.54, 1.807) is 28.6 Å². The molecule has 0 saturated carbocycles. The Kier molecular flexibility index (Phi) is 6.55. The maximum atomic E-state index is 12.9. The van der Waals surface area contributed by atoms with Crippen LogP contribution < -0.4 is 0 Å². The molecule has 2 saturated heterocycles. The van der Waals surface area contributed by atoms with Crippen molar-refractivity contribution in [1.82, 2.24) is 14.1 Å². The minimum Gasteiger partial charge on any atom is -0.336 e. The van der Waals surface area contributed by atoms with Crippen LogP contribution in [0.4, 0.5) is 0 Å². The van der Waals surface area contributed by atoms with Crippen LogP contribution in [0.15, 0.2) is 29.2 Å². The lowest BCUT2D eigenvalue weighted by Gasteiger charge is -2.35. The third-order valence-corrected chi connectivity index (χ3v) is 7.21. The summed E-state index contributed by atoms with van der Waals surface area (Å²) >= 11 is 0. The molecule has 1 amide bonds. The van der Waals surface area contributed by atoms with Crippen molar-refractivity contribution in [1.29, 1.82) is 0 Å². The van der Waals surface area contributed by atoms with E-state index in [1.165, 1.54) is 0 Å². The van der Waals surface area contributed by atoms with E-state index in [0.717, 1.165) is 38.9 Å². The molecule has 1 aromatic rings. The highest BCUT2D eigenvalue weighted by Gasteiger charge is 2.28. The van der Waals surface area contributed by atoms with Crippen LogP contribution in [0.5, 0.6) is 0 Å². The van der Waals surface area contributed by atoms with Crippen molar-refractivity contribution in [3.63, 3.8) is 0 Å². The van der Waals surface area contributed by atoms with Gasteiger partial charge in [0, 0.05) is 51.4 Å². The average Bonchev–Trinajstić information content (AvgIpc) is 2.68. The van der Waals surface area contributed by atoms with E-state index in [9.17, 15) is 13.2 Å². The second-order valence-electron chi connectivity index (χ2n) is 7.98. The fourth-order valence-electron chi connectivity index (χ4n) is 3.88. The van der Waals surface area contributed by atoms with Gasteiger partial charge in [-0.15, -0.1) is 0 Å². The number of carbonyl (C=O) groups excluding carboxylic acids is 1. The van der Waals surface area contributed by atoms with Crippen molar-refractivity contribution >= 4 is 15.9 Å². The van der Waals surface area contributed by atoms with Crippen molar-refractivity contribution in [2.45, 2.75) is 38.0 Å². The summed E-state index contributed by atoms with van der Waals surface area (Å²) in [5, 5.41) is 0. The van der Waals surface area contributed by atoms with Gasteiger partial charge in [-0.1, -0.05) is 26.3 Å². The van der Waals surface area contributed by atoms with E-state index >= 15 is 0 Å². The van der Waals surface area contributed by atoms with Crippen molar-refractivity contribution in [2.24, 2.45) is 5.92 Å². The topological polar surface area (TPSA) is 60.9 Å². The smallest absolute Gasteiger partial charge is 0.253 e. The Morgan fingerprint density at radius 1 is 1.00 bits per heavy atom. The molecule has 0 unspecified atom stereocenters. The fourth-order valence-corrected chi connectivity index (χ4v) is 5.44. The van der Waals surface area contributed by atoms with Gasteiger partial charge in [0.1, 0.15) is 0 Å². The molecule has 0 aromatic heterocycles. The lowest BCUT2D eigenvalue weighted by Crippen LogP contribution is -2.49. The van der Waals surface area contributed by atoms with Crippen LogP contribution in [0.3, 0.4) is 0 Å². The summed E-state index contributed by atoms with van der Waals surface area (Å²) in [7, 11) is -3.52.